The Hall–Kier alpha value is -1.89. The molecule has 1 saturated carbocycles. The molecule has 1 fully saturated rings. The zero-order valence-corrected chi connectivity index (χ0v) is 11.6. The molecule has 1 heteroatoms. The molecule has 0 spiro atoms. The third-order valence-corrected chi connectivity index (χ3v) is 4.87. The Morgan fingerprint density at radius 1 is 0.900 bits per heavy atom. The molecule has 0 saturated heterocycles. The molecule has 0 atom stereocenters. The molecule has 0 radical (unpaired) electrons. The highest BCUT2D eigenvalue weighted by molar-refractivity contribution is 6.06. The Labute approximate surface area is 119 Å². The normalized spacial score (nSPS) is 18.6. The van der Waals surface area contributed by atoms with Gasteiger partial charge in [-0.3, -0.25) is 4.79 Å². The lowest BCUT2D eigenvalue weighted by Crippen LogP contribution is -2.20. The number of carbonyl (C=O) groups is 1. The third kappa shape index (κ3) is 1.73. The minimum Gasteiger partial charge on any atom is -0.293 e. The number of benzene rings is 2. The van der Waals surface area contributed by atoms with Gasteiger partial charge in [-0.15, -0.1) is 0 Å². The Bertz CT molecular complexity index is 665. The van der Waals surface area contributed by atoms with Gasteiger partial charge in [0.05, 0.1) is 5.41 Å². The maximum absolute atomic E-state index is 12.9. The molecular formula is C19H18O. The fourth-order valence-electron chi connectivity index (χ4n) is 3.52. The molecule has 0 aromatic heterocycles. The van der Waals surface area contributed by atoms with Crippen molar-refractivity contribution in [2.75, 3.05) is 0 Å². The highest BCUT2D eigenvalue weighted by Crippen LogP contribution is 2.50. The number of ketones is 1. The van der Waals surface area contributed by atoms with E-state index in [1.54, 1.807) is 0 Å². The van der Waals surface area contributed by atoms with E-state index in [1.165, 1.54) is 29.5 Å². The van der Waals surface area contributed by atoms with Crippen LogP contribution in [0, 0.1) is 0 Å². The van der Waals surface area contributed by atoms with Crippen molar-refractivity contribution in [2.45, 2.75) is 37.5 Å². The van der Waals surface area contributed by atoms with E-state index in [4.69, 9.17) is 0 Å². The van der Waals surface area contributed by atoms with Crippen molar-refractivity contribution in [3.63, 3.8) is 0 Å². The van der Waals surface area contributed by atoms with Crippen molar-refractivity contribution in [2.24, 2.45) is 0 Å². The number of carbonyl (C=O) groups excluding carboxylic acids is 1. The molecule has 0 amide bonds. The summed E-state index contributed by atoms with van der Waals surface area (Å²) in [5, 5.41) is 0. The molecule has 0 aliphatic heterocycles. The lowest BCUT2D eigenvalue weighted by Gasteiger charge is -2.15. The predicted molar refractivity (Wildman–Crippen MR) is 80.2 cm³/mol. The first-order valence-corrected chi connectivity index (χ1v) is 7.52. The van der Waals surface area contributed by atoms with E-state index in [-0.39, 0.29) is 5.41 Å². The lowest BCUT2D eigenvalue weighted by atomic mass is 9.87. The predicted octanol–water partition coefficient (Wildman–Crippen LogP) is 4.09. The topological polar surface area (TPSA) is 17.1 Å². The van der Waals surface area contributed by atoms with Crippen LogP contribution >= 0.6 is 0 Å². The van der Waals surface area contributed by atoms with Crippen LogP contribution in [0.2, 0.25) is 0 Å². The first kappa shape index (κ1) is 11.9. The third-order valence-electron chi connectivity index (χ3n) is 4.87. The van der Waals surface area contributed by atoms with E-state index in [9.17, 15) is 4.79 Å². The summed E-state index contributed by atoms with van der Waals surface area (Å²) in [6.07, 6.45) is 5.53. The Balaban J connectivity index is 1.71. The van der Waals surface area contributed by atoms with Crippen molar-refractivity contribution < 1.29 is 4.79 Å². The minimum atomic E-state index is -0.228. The molecule has 0 N–H and O–H groups in total. The summed E-state index contributed by atoms with van der Waals surface area (Å²) < 4.78 is 0. The number of Topliss-reactive ketones (excluding diaryl/α,β-unsaturated/α-hetero) is 1. The largest absolute Gasteiger partial charge is 0.293 e. The van der Waals surface area contributed by atoms with Gasteiger partial charge in [0.1, 0.15) is 0 Å². The van der Waals surface area contributed by atoms with Crippen molar-refractivity contribution in [3.05, 3.63) is 70.8 Å². The van der Waals surface area contributed by atoms with Gasteiger partial charge < -0.3 is 0 Å². The van der Waals surface area contributed by atoms with Crippen LogP contribution < -0.4 is 0 Å². The molecule has 20 heavy (non-hydrogen) atoms. The number of rotatable bonds is 3. The molecule has 0 heterocycles. The number of hydrogen-bond acceptors (Lipinski definition) is 1. The van der Waals surface area contributed by atoms with Gasteiger partial charge in [-0.05, 0) is 54.9 Å². The highest BCUT2D eigenvalue weighted by atomic mass is 16.1. The van der Waals surface area contributed by atoms with Crippen molar-refractivity contribution in [1.29, 1.82) is 0 Å². The molecule has 2 aliphatic rings. The van der Waals surface area contributed by atoms with Crippen LogP contribution in [0.5, 0.6) is 0 Å². The van der Waals surface area contributed by atoms with Crippen LogP contribution in [0.25, 0.3) is 0 Å². The molecule has 2 aliphatic carbocycles. The Kier molecular flexibility index (Phi) is 2.56. The summed E-state index contributed by atoms with van der Waals surface area (Å²) in [7, 11) is 0. The lowest BCUT2D eigenvalue weighted by molar-refractivity contribution is 0.0946. The molecule has 1 nitrogen and oxygen atoms in total. The van der Waals surface area contributed by atoms with Gasteiger partial charge in [0.15, 0.2) is 5.78 Å². The van der Waals surface area contributed by atoms with E-state index < -0.39 is 0 Å². The zero-order chi connectivity index (χ0) is 13.6. The molecule has 100 valence electrons. The van der Waals surface area contributed by atoms with Crippen LogP contribution in [0.1, 0.15) is 46.3 Å². The second-order valence-corrected chi connectivity index (χ2v) is 6.11. The SMILES string of the molecule is O=C(c1ccc2c(c1)CCC2)C1(c2ccccc2)CC1. The summed E-state index contributed by atoms with van der Waals surface area (Å²) in [5.41, 5.74) is 4.69. The molecule has 2 aromatic carbocycles. The second kappa shape index (κ2) is 4.31. The summed E-state index contributed by atoms with van der Waals surface area (Å²) in [6.45, 7) is 0. The van der Waals surface area contributed by atoms with Gasteiger partial charge in [0.25, 0.3) is 0 Å². The van der Waals surface area contributed by atoms with E-state index >= 15 is 0 Å². The standard InChI is InChI=1S/C19H18O/c20-18(16-10-9-14-5-4-6-15(14)13-16)19(11-12-19)17-7-2-1-3-8-17/h1-3,7-10,13H,4-6,11-12H2. The first-order chi connectivity index (χ1) is 9.79. The van der Waals surface area contributed by atoms with Crippen molar-refractivity contribution >= 4 is 5.78 Å². The second-order valence-electron chi connectivity index (χ2n) is 6.11. The van der Waals surface area contributed by atoms with Crippen LogP contribution in [-0.2, 0) is 18.3 Å². The number of aryl methyl sites for hydroxylation is 2. The summed E-state index contributed by atoms with van der Waals surface area (Å²) in [5.74, 6) is 0.318. The van der Waals surface area contributed by atoms with Crippen LogP contribution in [0.3, 0.4) is 0 Å². The van der Waals surface area contributed by atoms with Gasteiger partial charge in [0.2, 0.25) is 0 Å². The monoisotopic (exact) mass is 262 g/mol. The molecule has 2 aromatic rings. The molecule has 0 unspecified atom stereocenters. The van der Waals surface area contributed by atoms with E-state index in [2.05, 4.69) is 24.3 Å². The number of hydrogen-bond donors (Lipinski definition) is 0. The van der Waals surface area contributed by atoms with Crippen LogP contribution in [-0.4, -0.2) is 5.78 Å². The molecule has 0 bridgehead atoms. The average Bonchev–Trinajstić information content (AvgIpc) is 3.18. The van der Waals surface area contributed by atoms with Gasteiger partial charge >= 0.3 is 0 Å². The van der Waals surface area contributed by atoms with Gasteiger partial charge in [-0.2, -0.15) is 0 Å². The zero-order valence-electron chi connectivity index (χ0n) is 11.6. The smallest absolute Gasteiger partial charge is 0.173 e. The van der Waals surface area contributed by atoms with E-state index in [0.717, 1.165) is 24.8 Å². The Morgan fingerprint density at radius 2 is 1.65 bits per heavy atom. The van der Waals surface area contributed by atoms with Crippen LogP contribution in [0.15, 0.2) is 48.5 Å². The number of fused-ring (bicyclic) bond motifs is 1. The molecular weight excluding hydrogens is 244 g/mol. The molecule has 4 rings (SSSR count). The van der Waals surface area contributed by atoms with Crippen LogP contribution in [0.4, 0.5) is 0 Å². The maximum atomic E-state index is 12.9. The van der Waals surface area contributed by atoms with Gasteiger partial charge in [-0.25, -0.2) is 0 Å². The summed E-state index contributed by atoms with van der Waals surface area (Å²) in [4.78, 5) is 12.9. The fraction of sp³-hybridized carbons (Fsp3) is 0.316. The van der Waals surface area contributed by atoms with Crippen molar-refractivity contribution in [3.8, 4) is 0 Å². The highest BCUT2D eigenvalue weighted by Gasteiger charge is 2.51. The fourth-order valence-corrected chi connectivity index (χ4v) is 3.52. The van der Waals surface area contributed by atoms with E-state index in [0.29, 0.717) is 5.78 Å². The first-order valence-electron chi connectivity index (χ1n) is 7.52. The average molecular weight is 262 g/mol. The minimum absolute atomic E-state index is 0.228. The van der Waals surface area contributed by atoms with Crippen molar-refractivity contribution in [1.82, 2.24) is 0 Å². The summed E-state index contributed by atoms with van der Waals surface area (Å²) >= 11 is 0. The van der Waals surface area contributed by atoms with Gasteiger partial charge in [-0.1, -0.05) is 42.5 Å². The maximum Gasteiger partial charge on any atom is 0.173 e. The Morgan fingerprint density at radius 3 is 2.40 bits per heavy atom. The quantitative estimate of drug-likeness (QED) is 0.761. The van der Waals surface area contributed by atoms with Gasteiger partial charge in [0, 0.05) is 5.56 Å². The van der Waals surface area contributed by atoms with E-state index in [1.807, 2.05) is 24.3 Å². The summed E-state index contributed by atoms with van der Waals surface area (Å²) in [6, 6.07) is 16.6.